The van der Waals surface area contributed by atoms with Crippen molar-refractivity contribution in [1.82, 2.24) is 0 Å². The molecule has 2 N–H and O–H groups in total. The molecule has 0 bridgehead atoms. The van der Waals surface area contributed by atoms with Gasteiger partial charge in [-0.2, -0.15) is 5.26 Å². The van der Waals surface area contributed by atoms with Crippen molar-refractivity contribution in [3.63, 3.8) is 0 Å². The molecule has 0 amide bonds. The van der Waals surface area contributed by atoms with Gasteiger partial charge in [0.2, 0.25) is 0 Å². The summed E-state index contributed by atoms with van der Waals surface area (Å²) in [5.74, 6) is 0.512. The average Bonchev–Trinajstić information content (AvgIpc) is 2.15. The van der Waals surface area contributed by atoms with Gasteiger partial charge in [-0.15, -0.1) is 0 Å². The number of hydrogen-bond acceptors (Lipinski definition) is 3. The fourth-order valence-electron chi connectivity index (χ4n) is 1.03. The Labute approximate surface area is 88.0 Å². The second-order valence-corrected chi connectivity index (χ2v) is 3.33. The molecule has 0 radical (unpaired) electrons. The van der Waals surface area contributed by atoms with E-state index >= 15 is 0 Å². The maximum atomic E-state index is 8.32. The van der Waals surface area contributed by atoms with Crippen LogP contribution in [0.15, 0.2) is 18.2 Å². The fourth-order valence-corrected chi connectivity index (χ4v) is 1.27. The first-order chi connectivity index (χ1) is 6.65. The molecule has 0 heterocycles. The van der Waals surface area contributed by atoms with Crippen LogP contribution >= 0.6 is 11.6 Å². The second-order valence-electron chi connectivity index (χ2n) is 2.93. The van der Waals surface area contributed by atoms with E-state index in [1.54, 1.807) is 12.1 Å². The highest BCUT2D eigenvalue weighted by Crippen LogP contribution is 2.27. The third-order valence-corrected chi connectivity index (χ3v) is 2.07. The number of halogens is 1. The third kappa shape index (κ3) is 2.63. The lowest BCUT2D eigenvalue weighted by Gasteiger charge is -2.09. The zero-order chi connectivity index (χ0) is 10.6. The minimum atomic E-state index is -0.0579. The number of ether oxygens (including phenoxy) is 1. The monoisotopic (exact) mass is 210 g/mol. The largest absolute Gasteiger partial charge is 0.477 e. The van der Waals surface area contributed by atoms with Crippen LogP contribution in [-0.4, -0.2) is 6.61 Å². The van der Waals surface area contributed by atoms with Gasteiger partial charge in [0, 0.05) is 6.04 Å². The molecule has 0 spiro atoms. The second kappa shape index (κ2) is 4.85. The van der Waals surface area contributed by atoms with Gasteiger partial charge in [-0.25, -0.2) is 0 Å². The molecule has 3 nitrogen and oxygen atoms in total. The first-order valence-electron chi connectivity index (χ1n) is 4.20. The van der Waals surface area contributed by atoms with Crippen LogP contribution in [0.5, 0.6) is 5.75 Å². The first-order valence-corrected chi connectivity index (χ1v) is 4.57. The van der Waals surface area contributed by atoms with E-state index in [9.17, 15) is 0 Å². The molecule has 0 fully saturated rings. The zero-order valence-electron chi connectivity index (χ0n) is 7.83. The van der Waals surface area contributed by atoms with Crippen molar-refractivity contribution in [3.05, 3.63) is 28.8 Å². The third-order valence-electron chi connectivity index (χ3n) is 1.77. The molecule has 0 aliphatic carbocycles. The maximum Gasteiger partial charge on any atom is 0.174 e. The topological polar surface area (TPSA) is 59.0 Å². The Morgan fingerprint density at radius 2 is 2.36 bits per heavy atom. The number of rotatable bonds is 3. The van der Waals surface area contributed by atoms with Crippen LogP contribution in [0, 0.1) is 11.3 Å². The lowest BCUT2D eigenvalue weighted by Crippen LogP contribution is -2.05. The number of benzene rings is 1. The molecule has 4 heteroatoms. The summed E-state index contributed by atoms with van der Waals surface area (Å²) >= 11 is 5.92. The van der Waals surface area contributed by atoms with E-state index in [1.165, 1.54) is 0 Å². The molecular formula is C10H11ClN2O. The van der Waals surface area contributed by atoms with Crippen molar-refractivity contribution in [1.29, 1.82) is 5.26 Å². The average molecular weight is 211 g/mol. The molecular weight excluding hydrogens is 200 g/mol. The molecule has 0 aromatic heterocycles. The minimum Gasteiger partial charge on any atom is -0.477 e. The Kier molecular flexibility index (Phi) is 3.75. The molecule has 0 saturated carbocycles. The fraction of sp³-hybridized carbons (Fsp3) is 0.300. The first kappa shape index (κ1) is 10.8. The van der Waals surface area contributed by atoms with Crippen LogP contribution < -0.4 is 10.5 Å². The Morgan fingerprint density at radius 1 is 1.64 bits per heavy atom. The quantitative estimate of drug-likeness (QED) is 0.833. The summed E-state index contributed by atoms with van der Waals surface area (Å²) in [5.41, 5.74) is 6.62. The Hall–Kier alpha value is -1.24. The molecule has 0 aliphatic heterocycles. The molecule has 1 atom stereocenters. The molecule has 74 valence electrons. The van der Waals surface area contributed by atoms with Crippen LogP contribution in [0.4, 0.5) is 0 Å². The standard InChI is InChI=1S/C10H11ClN2O/c1-7(13)8-2-3-10(9(11)6-8)14-5-4-12/h2-3,6-7H,5,13H2,1H3/t7-/m0/s1. The molecule has 1 aromatic carbocycles. The van der Waals surface area contributed by atoms with Crippen LogP contribution in [-0.2, 0) is 0 Å². The van der Waals surface area contributed by atoms with Crippen LogP contribution in [0.2, 0.25) is 5.02 Å². The van der Waals surface area contributed by atoms with Crippen molar-refractivity contribution >= 4 is 11.6 Å². The van der Waals surface area contributed by atoms with Gasteiger partial charge in [0.25, 0.3) is 0 Å². The van der Waals surface area contributed by atoms with E-state index in [4.69, 9.17) is 27.3 Å². The highest BCUT2D eigenvalue weighted by Gasteiger charge is 2.05. The molecule has 14 heavy (non-hydrogen) atoms. The molecule has 1 rings (SSSR count). The Balaban J connectivity index is 2.85. The van der Waals surface area contributed by atoms with Crippen molar-refractivity contribution in [2.45, 2.75) is 13.0 Å². The summed E-state index contributed by atoms with van der Waals surface area (Å²) in [6.07, 6.45) is 0. The summed E-state index contributed by atoms with van der Waals surface area (Å²) in [6, 6.07) is 7.12. The Morgan fingerprint density at radius 3 is 2.86 bits per heavy atom. The SMILES string of the molecule is C[C@H](N)c1ccc(OCC#N)c(Cl)c1. The van der Waals surface area contributed by atoms with Gasteiger partial charge in [-0.1, -0.05) is 17.7 Å². The van der Waals surface area contributed by atoms with Gasteiger partial charge in [0.05, 0.1) is 5.02 Å². The van der Waals surface area contributed by atoms with Crippen LogP contribution in [0.3, 0.4) is 0 Å². The number of nitrogens with two attached hydrogens (primary N) is 1. The number of nitrogens with zero attached hydrogens (tertiary/aromatic N) is 1. The van der Waals surface area contributed by atoms with E-state index in [-0.39, 0.29) is 12.6 Å². The molecule has 0 unspecified atom stereocenters. The molecule has 0 saturated heterocycles. The summed E-state index contributed by atoms with van der Waals surface area (Å²) < 4.78 is 5.09. The van der Waals surface area contributed by atoms with Gasteiger partial charge in [0.15, 0.2) is 6.61 Å². The van der Waals surface area contributed by atoms with Gasteiger partial charge < -0.3 is 10.5 Å². The van der Waals surface area contributed by atoms with E-state index in [2.05, 4.69) is 0 Å². The number of hydrogen-bond donors (Lipinski definition) is 1. The molecule has 1 aromatic rings. The van der Waals surface area contributed by atoms with Gasteiger partial charge in [-0.3, -0.25) is 0 Å². The highest BCUT2D eigenvalue weighted by atomic mass is 35.5. The predicted molar refractivity (Wildman–Crippen MR) is 55.2 cm³/mol. The van der Waals surface area contributed by atoms with E-state index in [1.807, 2.05) is 19.1 Å². The van der Waals surface area contributed by atoms with Crippen molar-refractivity contribution in [3.8, 4) is 11.8 Å². The van der Waals surface area contributed by atoms with Crippen molar-refractivity contribution in [2.24, 2.45) is 5.73 Å². The maximum absolute atomic E-state index is 8.32. The van der Waals surface area contributed by atoms with Crippen LogP contribution in [0.1, 0.15) is 18.5 Å². The van der Waals surface area contributed by atoms with Gasteiger partial charge in [0.1, 0.15) is 11.8 Å². The lowest BCUT2D eigenvalue weighted by atomic mass is 10.1. The minimum absolute atomic E-state index is 0.00273. The highest BCUT2D eigenvalue weighted by molar-refractivity contribution is 6.32. The zero-order valence-corrected chi connectivity index (χ0v) is 8.58. The normalized spacial score (nSPS) is 11.9. The van der Waals surface area contributed by atoms with Crippen molar-refractivity contribution < 1.29 is 4.74 Å². The van der Waals surface area contributed by atoms with Crippen LogP contribution in [0.25, 0.3) is 0 Å². The Bertz CT molecular complexity index is 358. The summed E-state index contributed by atoms with van der Waals surface area (Å²) in [6.45, 7) is 1.87. The lowest BCUT2D eigenvalue weighted by molar-refractivity contribution is 0.368. The van der Waals surface area contributed by atoms with E-state index in [0.29, 0.717) is 10.8 Å². The number of nitriles is 1. The summed E-state index contributed by atoms with van der Waals surface area (Å²) in [5, 5.41) is 8.80. The van der Waals surface area contributed by atoms with Gasteiger partial charge in [-0.05, 0) is 24.6 Å². The van der Waals surface area contributed by atoms with E-state index < -0.39 is 0 Å². The van der Waals surface area contributed by atoms with Gasteiger partial charge >= 0.3 is 0 Å². The molecule has 0 aliphatic rings. The smallest absolute Gasteiger partial charge is 0.174 e. The van der Waals surface area contributed by atoms with Crippen molar-refractivity contribution in [2.75, 3.05) is 6.61 Å². The summed E-state index contributed by atoms with van der Waals surface area (Å²) in [4.78, 5) is 0. The predicted octanol–water partition coefficient (Wildman–Crippen LogP) is 2.26. The van der Waals surface area contributed by atoms with E-state index in [0.717, 1.165) is 5.56 Å². The summed E-state index contributed by atoms with van der Waals surface area (Å²) in [7, 11) is 0.